The molecule has 1 aromatic carbocycles. The molecule has 1 heterocycles. The van der Waals surface area contributed by atoms with E-state index >= 15 is 0 Å². The summed E-state index contributed by atoms with van der Waals surface area (Å²) < 4.78 is 5.09. The molecule has 2 aromatic rings. The summed E-state index contributed by atoms with van der Waals surface area (Å²) in [5.74, 6) is -0.140. The molecule has 0 fully saturated rings. The largest absolute Gasteiger partial charge is 0.506 e. The molecule has 0 spiro atoms. The summed E-state index contributed by atoms with van der Waals surface area (Å²) in [5.41, 5.74) is 6.02. The van der Waals surface area contributed by atoms with E-state index in [0.717, 1.165) is 0 Å². The number of anilines is 2. The Morgan fingerprint density at radius 3 is 2.72 bits per heavy atom. The number of amides is 2. The quantitative estimate of drug-likeness (QED) is 0.342. The van der Waals surface area contributed by atoms with Gasteiger partial charge in [0.2, 0.25) is 11.8 Å². The molecule has 7 nitrogen and oxygen atoms in total. The number of phenols is 1. The van der Waals surface area contributed by atoms with E-state index in [2.05, 4.69) is 10.6 Å². The Kier molecular flexibility index (Phi) is 8.25. The van der Waals surface area contributed by atoms with Crippen molar-refractivity contribution in [2.24, 2.45) is 5.73 Å². The number of rotatable bonds is 7. The first kappa shape index (κ1) is 20.3. The Hall–Kier alpha value is -2.77. The fraction of sp³-hybridized carbons (Fsp3) is 0.176. The van der Waals surface area contributed by atoms with Crippen LogP contribution in [-0.4, -0.2) is 23.5 Å². The van der Waals surface area contributed by atoms with Gasteiger partial charge >= 0.3 is 0 Å². The van der Waals surface area contributed by atoms with Gasteiger partial charge in [-0.3, -0.25) is 9.59 Å². The van der Waals surface area contributed by atoms with E-state index in [1.54, 1.807) is 12.1 Å². The average molecular weight is 366 g/mol. The first-order valence-electron chi connectivity index (χ1n) is 7.44. The fourth-order valence-electron chi connectivity index (χ4n) is 1.92. The van der Waals surface area contributed by atoms with E-state index in [0.29, 0.717) is 24.4 Å². The van der Waals surface area contributed by atoms with Crippen LogP contribution in [0, 0.1) is 0 Å². The first-order chi connectivity index (χ1) is 11.6. The second-order valence-corrected chi connectivity index (χ2v) is 5.01. The zero-order valence-electron chi connectivity index (χ0n) is 13.4. The van der Waals surface area contributed by atoms with Gasteiger partial charge in [0.25, 0.3) is 0 Å². The molecule has 2 amide bonds. The smallest absolute Gasteiger partial charge is 0.248 e. The van der Waals surface area contributed by atoms with E-state index in [9.17, 15) is 14.7 Å². The van der Waals surface area contributed by atoms with Crippen molar-refractivity contribution in [3.05, 3.63) is 48.4 Å². The molecule has 134 valence electrons. The number of carbonyl (C=O) groups is 2. The minimum Gasteiger partial charge on any atom is -0.506 e. The van der Waals surface area contributed by atoms with Gasteiger partial charge in [-0.15, -0.1) is 12.4 Å². The number of nitrogens with two attached hydrogens (primary N) is 1. The van der Waals surface area contributed by atoms with Crippen molar-refractivity contribution in [2.75, 3.05) is 17.2 Å². The number of halogens is 1. The number of nitrogens with one attached hydrogen (secondary N) is 2. The third-order valence-corrected chi connectivity index (χ3v) is 3.09. The van der Waals surface area contributed by atoms with Gasteiger partial charge in [0.1, 0.15) is 11.5 Å². The van der Waals surface area contributed by atoms with Gasteiger partial charge in [-0.25, -0.2) is 0 Å². The SMILES string of the molecule is Cl.NCCCC(=O)Nc1cc(NC(=O)/C=C/c2ccco2)ccc1O. The van der Waals surface area contributed by atoms with Gasteiger partial charge in [-0.2, -0.15) is 0 Å². The Bertz CT molecular complexity index is 729. The van der Waals surface area contributed by atoms with Crippen LogP contribution < -0.4 is 16.4 Å². The minimum absolute atomic E-state index is 0. The summed E-state index contributed by atoms with van der Waals surface area (Å²) >= 11 is 0. The van der Waals surface area contributed by atoms with Gasteiger partial charge in [-0.1, -0.05) is 0 Å². The summed E-state index contributed by atoms with van der Waals surface area (Å²) in [6.07, 6.45) is 5.19. The highest BCUT2D eigenvalue weighted by Crippen LogP contribution is 2.27. The van der Waals surface area contributed by atoms with E-state index in [-0.39, 0.29) is 42.1 Å². The van der Waals surface area contributed by atoms with Crippen LogP contribution in [-0.2, 0) is 9.59 Å². The van der Waals surface area contributed by atoms with Gasteiger partial charge in [0.15, 0.2) is 0 Å². The van der Waals surface area contributed by atoms with E-state index < -0.39 is 0 Å². The predicted octanol–water partition coefficient (Wildman–Crippen LogP) is 2.74. The first-order valence-corrected chi connectivity index (χ1v) is 7.44. The number of aromatic hydroxyl groups is 1. The van der Waals surface area contributed by atoms with Gasteiger partial charge in [-0.05, 0) is 49.4 Å². The zero-order valence-corrected chi connectivity index (χ0v) is 14.2. The number of benzene rings is 1. The van der Waals surface area contributed by atoms with Crippen LogP contribution in [0.3, 0.4) is 0 Å². The number of hydrogen-bond donors (Lipinski definition) is 4. The molecule has 0 saturated carbocycles. The molecule has 1 aromatic heterocycles. The highest BCUT2D eigenvalue weighted by Gasteiger charge is 2.08. The Labute approximate surface area is 151 Å². The minimum atomic E-state index is -0.363. The zero-order chi connectivity index (χ0) is 17.4. The molecule has 8 heteroatoms. The molecular weight excluding hydrogens is 346 g/mol. The molecule has 0 aliphatic rings. The van der Waals surface area contributed by atoms with Crippen LogP contribution in [0.5, 0.6) is 5.75 Å². The summed E-state index contributed by atoms with van der Waals surface area (Å²) in [6, 6.07) is 7.85. The molecule has 0 saturated heterocycles. The van der Waals surface area contributed by atoms with Crippen molar-refractivity contribution in [3.63, 3.8) is 0 Å². The molecule has 0 bridgehead atoms. The normalized spacial score (nSPS) is 10.3. The van der Waals surface area contributed by atoms with Crippen LogP contribution in [0.2, 0.25) is 0 Å². The highest BCUT2D eigenvalue weighted by molar-refractivity contribution is 6.02. The van der Waals surface area contributed by atoms with E-state index in [1.165, 1.54) is 36.6 Å². The van der Waals surface area contributed by atoms with Crippen molar-refractivity contribution in [3.8, 4) is 5.75 Å². The molecule has 0 unspecified atom stereocenters. The van der Waals surface area contributed by atoms with Crippen molar-refractivity contribution in [2.45, 2.75) is 12.8 Å². The second-order valence-electron chi connectivity index (χ2n) is 5.01. The van der Waals surface area contributed by atoms with Gasteiger partial charge in [0, 0.05) is 18.2 Å². The molecule has 0 atom stereocenters. The van der Waals surface area contributed by atoms with E-state index in [1.807, 2.05) is 0 Å². The lowest BCUT2D eigenvalue weighted by molar-refractivity contribution is -0.116. The van der Waals surface area contributed by atoms with Crippen molar-refractivity contribution < 1.29 is 19.1 Å². The van der Waals surface area contributed by atoms with Crippen molar-refractivity contribution in [1.82, 2.24) is 0 Å². The summed E-state index contributed by atoms with van der Waals surface area (Å²) in [7, 11) is 0. The lowest BCUT2D eigenvalue weighted by atomic mass is 10.2. The van der Waals surface area contributed by atoms with Crippen molar-refractivity contribution in [1.29, 1.82) is 0 Å². The number of carbonyl (C=O) groups excluding carboxylic acids is 2. The second kappa shape index (κ2) is 10.2. The Morgan fingerprint density at radius 2 is 2.04 bits per heavy atom. The van der Waals surface area contributed by atoms with Gasteiger partial charge < -0.3 is 25.9 Å². The molecule has 25 heavy (non-hydrogen) atoms. The fourth-order valence-corrected chi connectivity index (χ4v) is 1.92. The number of hydrogen-bond acceptors (Lipinski definition) is 5. The highest BCUT2D eigenvalue weighted by atomic mass is 35.5. The molecule has 0 aliphatic carbocycles. The standard InChI is InChI=1S/C17H19N3O4.ClH/c18-9-1-4-16(22)20-14-11-12(5-7-15(14)21)19-17(23)8-6-13-3-2-10-24-13;/h2-3,5-8,10-11,21H,1,4,9,18H2,(H,19,23)(H,20,22);1H/b8-6+;. The van der Waals surface area contributed by atoms with Crippen LogP contribution in [0.1, 0.15) is 18.6 Å². The molecular formula is C17H20ClN3O4. The summed E-state index contributed by atoms with van der Waals surface area (Å²) in [4.78, 5) is 23.6. The topological polar surface area (TPSA) is 118 Å². The predicted molar refractivity (Wildman–Crippen MR) is 98.6 cm³/mol. The number of phenolic OH excluding ortho intramolecular Hbond substituents is 1. The maximum absolute atomic E-state index is 11.9. The lowest BCUT2D eigenvalue weighted by Gasteiger charge is -2.09. The molecule has 5 N–H and O–H groups in total. The van der Waals surface area contributed by atoms with Crippen molar-refractivity contribution >= 4 is 41.7 Å². The maximum Gasteiger partial charge on any atom is 0.248 e. The van der Waals surface area contributed by atoms with Crippen LogP contribution in [0.4, 0.5) is 11.4 Å². The Morgan fingerprint density at radius 1 is 1.24 bits per heavy atom. The molecule has 0 aliphatic heterocycles. The molecule has 0 radical (unpaired) electrons. The molecule has 2 rings (SSSR count). The maximum atomic E-state index is 11.9. The summed E-state index contributed by atoms with van der Waals surface area (Å²) in [5, 5.41) is 15.0. The Balaban J connectivity index is 0.00000312. The third kappa shape index (κ3) is 6.70. The number of furan rings is 1. The lowest BCUT2D eigenvalue weighted by Crippen LogP contribution is -2.14. The summed E-state index contributed by atoms with van der Waals surface area (Å²) in [6.45, 7) is 0.414. The van der Waals surface area contributed by atoms with Crippen LogP contribution >= 0.6 is 12.4 Å². The van der Waals surface area contributed by atoms with Crippen LogP contribution in [0.15, 0.2) is 47.1 Å². The third-order valence-electron chi connectivity index (χ3n) is 3.09. The van der Waals surface area contributed by atoms with E-state index in [4.69, 9.17) is 10.2 Å². The van der Waals surface area contributed by atoms with Crippen LogP contribution in [0.25, 0.3) is 6.08 Å². The van der Waals surface area contributed by atoms with Gasteiger partial charge in [0.05, 0.1) is 12.0 Å². The average Bonchev–Trinajstić information content (AvgIpc) is 3.07. The monoisotopic (exact) mass is 365 g/mol.